The van der Waals surface area contributed by atoms with Crippen LogP contribution in [0.15, 0.2) is 54.7 Å². The number of carboxylic acids is 1. The topological polar surface area (TPSA) is 103 Å². The lowest BCUT2D eigenvalue weighted by atomic mass is 9.97. The SMILES string of the molecule is CC(C)(C)OC(=O)NCC(CCc1ccccc1C(F)(F)F)N[C@H](CC(=O)O)Cc1c[nH]c2ccccc12. The lowest BCUT2D eigenvalue weighted by Gasteiger charge is -2.27. The predicted molar refractivity (Wildman–Crippen MR) is 139 cm³/mol. The first kappa shape index (κ1) is 29.0. The quantitative estimate of drug-likeness (QED) is 0.254. The number of fused-ring (bicyclic) bond motifs is 1. The van der Waals surface area contributed by atoms with Crippen molar-refractivity contribution in [1.82, 2.24) is 15.6 Å². The summed E-state index contributed by atoms with van der Waals surface area (Å²) in [6.07, 6.45) is -2.85. The van der Waals surface area contributed by atoms with E-state index in [1.807, 2.05) is 30.5 Å². The van der Waals surface area contributed by atoms with Gasteiger partial charge in [-0.2, -0.15) is 13.2 Å². The zero-order valence-corrected chi connectivity index (χ0v) is 21.7. The van der Waals surface area contributed by atoms with Gasteiger partial charge in [0.05, 0.1) is 12.0 Å². The highest BCUT2D eigenvalue weighted by Gasteiger charge is 2.33. The van der Waals surface area contributed by atoms with Crippen LogP contribution >= 0.6 is 0 Å². The number of carbonyl (C=O) groups is 2. The number of alkyl carbamates (subject to hydrolysis) is 1. The molecule has 4 N–H and O–H groups in total. The summed E-state index contributed by atoms with van der Waals surface area (Å²) in [4.78, 5) is 27.1. The van der Waals surface area contributed by atoms with Crippen LogP contribution in [0.4, 0.5) is 18.0 Å². The molecule has 3 rings (SSSR count). The van der Waals surface area contributed by atoms with Crippen molar-refractivity contribution in [3.63, 3.8) is 0 Å². The third-order valence-electron chi connectivity index (χ3n) is 6.01. The average Bonchev–Trinajstić information content (AvgIpc) is 3.21. The normalized spacial score (nSPS) is 13.7. The maximum atomic E-state index is 13.5. The Kier molecular flexibility index (Phi) is 9.43. The van der Waals surface area contributed by atoms with Crippen LogP contribution in [0.3, 0.4) is 0 Å². The molecule has 1 aromatic heterocycles. The van der Waals surface area contributed by atoms with E-state index in [1.165, 1.54) is 12.1 Å². The van der Waals surface area contributed by atoms with E-state index >= 15 is 0 Å². The number of amides is 1. The zero-order valence-electron chi connectivity index (χ0n) is 21.7. The molecule has 1 amide bonds. The number of rotatable bonds is 11. The molecule has 0 aliphatic heterocycles. The maximum absolute atomic E-state index is 13.5. The highest BCUT2D eigenvalue weighted by Crippen LogP contribution is 2.32. The Hall–Kier alpha value is -3.53. The molecule has 0 aliphatic carbocycles. The molecule has 2 aromatic carbocycles. The van der Waals surface area contributed by atoms with Gasteiger partial charge < -0.3 is 25.5 Å². The van der Waals surface area contributed by atoms with Crippen LogP contribution in [0.1, 0.15) is 50.3 Å². The van der Waals surface area contributed by atoms with E-state index in [9.17, 15) is 27.9 Å². The monoisotopic (exact) mass is 533 g/mol. The average molecular weight is 534 g/mol. The van der Waals surface area contributed by atoms with Gasteiger partial charge in [-0.3, -0.25) is 4.79 Å². The number of aliphatic carboxylic acids is 1. The molecule has 0 saturated carbocycles. The van der Waals surface area contributed by atoms with Gasteiger partial charge in [-0.1, -0.05) is 36.4 Å². The molecule has 206 valence electrons. The summed E-state index contributed by atoms with van der Waals surface area (Å²) in [5, 5.41) is 16.5. The molecule has 0 fully saturated rings. The first-order valence-corrected chi connectivity index (χ1v) is 12.5. The molecule has 0 spiro atoms. The Labute approximate surface area is 219 Å². The molecule has 2 atom stereocenters. The van der Waals surface area contributed by atoms with Crippen molar-refractivity contribution >= 4 is 23.0 Å². The highest BCUT2D eigenvalue weighted by atomic mass is 19.4. The number of benzene rings is 2. The zero-order chi connectivity index (χ0) is 27.9. The number of aryl methyl sites for hydroxylation is 1. The van der Waals surface area contributed by atoms with Crippen LogP contribution in [0.2, 0.25) is 0 Å². The standard InChI is InChI=1S/C28H34F3N3O4/c1-27(2,3)38-26(37)33-17-20(13-12-18-8-4-6-10-23(18)28(29,30)31)34-21(15-25(35)36)14-19-16-32-24-11-7-5-9-22(19)24/h4-11,16,20-21,32,34H,12-15,17H2,1-3H3,(H,33,37)(H,35,36)/t20?,21-/m0/s1. The van der Waals surface area contributed by atoms with E-state index in [1.54, 1.807) is 26.8 Å². The number of aromatic amines is 1. The summed E-state index contributed by atoms with van der Waals surface area (Å²) in [5.41, 5.74) is 0.541. The van der Waals surface area contributed by atoms with Gasteiger partial charge in [0.1, 0.15) is 5.60 Å². The Morgan fingerprint density at radius 1 is 1.00 bits per heavy atom. The van der Waals surface area contributed by atoms with Crippen LogP contribution in [0, 0.1) is 0 Å². The van der Waals surface area contributed by atoms with Gasteiger partial charge >= 0.3 is 18.2 Å². The van der Waals surface area contributed by atoms with E-state index < -0.39 is 41.5 Å². The molecule has 0 saturated heterocycles. The number of carboxylic acid groups (broad SMARTS) is 1. The smallest absolute Gasteiger partial charge is 0.416 e. The largest absolute Gasteiger partial charge is 0.481 e. The summed E-state index contributed by atoms with van der Waals surface area (Å²) in [6, 6.07) is 12.0. The molecule has 1 heterocycles. The Morgan fingerprint density at radius 2 is 1.68 bits per heavy atom. The summed E-state index contributed by atoms with van der Waals surface area (Å²) < 4.78 is 45.9. The van der Waals surface area contributed by atoms with Crippen LogP contribution < -0.4 is 10.6 Å². The van der Waals surface area contributed by atoms with Crippen molar-refractivity contribution in [3.8, 4) is 0 Å². The lowest BCUT2D eigenvalue weighted by molar-refractivity contribution is -0.139. The van der Waals surface area contributed by atoms with E-state index in [-0.39, 0.29) is 31.4 Å². The van der Waals surface area contributed by atoms with Gasteiger partial charge in [-0.15, -0.1) is 0 Å². The van der Waals surface area contributed by atoms with Crippen molar-refractivity contribution in [2.24, 2.45) is 0 Å². The van der Waals surface area contributed by atoms with Crippen LogP contribution in [-0.2, 0) is 28.5 Å². The number of nitrogens with one attached hydrogen (secondary N) is 3. The van der Waals surface area contributed by atoms with Crippen molar-refractivity contribution in [1.29, 1.82) is 0 Å². The molecular weight excluding hydrogens is 499 g/mol. The molecule has 0 aliphatic rings. The van der Waals surface area contributed by atoms with Crippen molar-refractivity contribution < 1.29 is 32.6 Å². The van der Waals surface area contributed by atoms with Crippen molar-refractivity contribution in [2.75, 3.05) is 6.54 Å². The molecular formula is C28H34F3N3O4. The number of alkyl halides is 3. The maximum Gasteiger partial charge on any atom is 0.416 e. The van der Waals surface area contributed by atoms with E-state index in [0.717, 1.165) is 22.5 Å². The first-order chi connectivity index (χ1) is 17.8. The number of H-pyrrole nitrogens is 1. The van der Waals surface area contributed by atoms with Crippen LogP contribution in [0.25, 0.3) is 10.9 Å². The predicted octanol–water partition coefficient (Wildman–Crippen LogP) is 5.69. The number of aromatic nitrogens is 1. The summed E-state index contributed by atoms with van der Waals surface area (Å²) >= 11 is 0. The molecule has 3 aromatic rings. The highest BCUT2D eigenvalue weighted by molar-refractivity contribution is 5.83. The van der Waals surface area contributed by atoms with E-state index in [0.29, 0.717) is 6.42 Å². The minimum absolute atomic E-state index is 0.0487. The fourth-order valence-corrected chi connectivity index (χ4v) is 4.41. The minimum Gasteiger partial charge on any atom is -0.481 e. The number of halogens is 3. The van der Waals surface area contributed by atoms with Gasteiger partial charge in [0.2, 0.25) is 0 Å². The number of ether oxygens (including phenoxy) is 1. The van der Waals surface area contributed by atoms with Crippen LogP contribution in [0.5, 0.6) is 0 Å². The van der Waals surface area contributed by atoms with E-state index in [4.69, 9.17) is 4.74 Å². The third kappa shape index (κ3) is 8.79. The Balaban J connectivity index is 1.79. The summed E-state index contributed by atoms with van der Waals surface area (Å²) in [7, 11) is 0. The van der Waals surface area contributed by atoms with E-state index in [2.05, 4.69) is 15.6 Å². The third-order valence-corrected chi connectivity index (χ3v) is 6.01. The number of para-hydroxylation sites is 1. The van der Waals surface area contributed by atoms with Gasteiger partial charge in [-0.05, 0) is 63.3 Å². The second-order valence-corrected chi connectivity index (χ2v) is 10.3. The molecule has 38 heavy (non-hydrogen) atoms. The number of hydrogen-bond acceptors (Lipinski definition) is 4. The second-order valence-electron chi connectivity index (χ2n) is 10.3. The summed E-state index contributed by atoms with van der Waals surface area (Å²) in [5.74, 6) is -1.01. The molecule has 0 radical (unpaired) electrons. The van der Waals surface area contributed by atoms with Gasteiger partial charge in [0.25, 0.3) is 0 Å². The fraction of sp³-hybridized carbons (Fsp3) is 0.429. The Morgan fingerprint density at radius 3 is 2.37 bits per heavy atom. The molecule has 7 nitrogen and oxygen atoms in total. The number of carbonyl (C=O) groups excluding carboxylic acids is 1. The molecule has 1 unspecified atom stereocenters. The number of hydrogen-bond donors (Lipinski definition) is 4. The van der Waals surface area contributed by atoms with Crippen LogP contribution in [-0.4, -0.2) is 46.4 Å². The first-order valence-electron chi connectivity index (χ1n) is 12.5. The van der Waals surface area contributed by atoms with Crippen molar-refractivity contribution in [3.05, 3.63) is 71.4 Å². The summed E-state index contributed by atoms with van der Waals surface area (Å²) in [6.45, 7) is 5.22. The Bertz CT molecular complexity index is 1230. The van der Waals surface area contributed by atoms with Gasteiger partial charge in [-0.25, -0.2) is 4.79 Å². The second kappa shape index (κ2) is 12.3. The van der Waals surface area contributed by atoms with Gasteiger partial charge in [0.15, 0.2) is 0 Å². The molecule has 10 heteroatoms. The fourth-order valence-electron chi connectivity index (χ4n) is 4.41. The van der Waals surface area contributed by atoms with Gasteiger partial charge in [0, 0.05) is 35.7 Å². The molecule has 0 bridgehead atoms. The van der Waals surface area contributed by atoms with Crippen molar-refractivity contribution in [2.45, 2.75) is 70.3 Å². The lowest BCUT2D eigenvalue weighted by Crippen LogP contribution is -2.48. The minimum atomic E-state index is -4.49.